The molecule has 37 heavy (non-hydrogen) atoms. The third-order valence-corrected chi connectivity index (χ3v) is 6.04. The first-order chi connectivity index (χ1) is 18.0. The Labute approximate surface area is 253 Å². The van der Waals surface area contributed by atoms with Crippen LogP contribution in [0.2, 0.25) is 9.88 Å². The molecule has 0 aromatic carbocycles. The van der Waals surface area contributed by atoms with Gasteiger partial charge >= 0.3 is 43.0 Å². The van der Waals surface area contributed by atoms with Gasteiger partial charge in [0.05, 0.1) is 0 Å². The zero-order valence-corrected chi connectivity index (χ0v) is 29.6. The molecule has 0 atom stereocenters. The third-order valence-electron chi connectivity index (χ3n) is 5.68. The molecule has 0 fully saturated rings. The summed E-state index contributed by atoms with van der Waals surface area (Å²) in [5, 5.41) is 0. The number of hydrogen-bond acceptors (Lipinski definition) is 6. The Kier molecular flexibility index (Phi) is 46.4. The number of rotatable bonds is 24. The summed E-state index contributed by atoms with van der Waals surface area (Å²) in [6.07, 6.45) is 24.1. The number of hydrogen-bond donors (Lipinski definition) is 2. The van der Waals surface area contributed by atoms with Crippen molar-refractivity contribution in [2.75, 3.05) is 24.7 Å². The monoisotopic (exact) mass is 670 g/mol. The Balaban J connectivity index is -0.000000564. The van der Waals surface area contributed by atoms with E-state index < -0.39 is 0 Å². The van der Waals surface area contributed by atoms with Gasteiger partial charge in [-0.3, -0.25) is 9.59 Å². The van der Waals surface area contributed by atoms with Gasteiger partial charge in [0.15, 0.2) is 0 Å². The van der Waals surface area contributed by atoms with Gasteiger partial charge < -0.3 is 9.47 Å². The van der Waals surface area contributed by atoms with Crippen molar-refractivity contribution in [2.45, 2.75) is 152 Å². The average Bonchev–Trinajstić information content (AvgIpc) is 2.89. The molecule has 4 nitrogen and oxygen atoms in total. The first kappa shape index (κ1) is 41.9. The molecule has 0 rings (SSSR count). The molecule has 0 spiro atoms. The summed E-state index contributed by atoms with van der Waals surface area (Å²) < 4.78 is 9.90. The van der Waals surface area contributed by atoms with Gasteiger partial charge in [-0.05, 0) is 12.8 Å². The molecule has 2 radical (unpaired) electrons. The number of thiol groups is 2. The van der Waals surface area contributed by atoms with Gasteiger partial charge in [0.1, 0.15) is 13.2 Å². The van der Waals surface area contributed by atoms with E-state index in [9.17, 15) is 9.59 Å². The van der Waals surface area contributed by atoms with Crippen LogP contribution in [-0.4, -0.2) is 57.8 Å². The minimum atomic E-state index is -0.0676. The second-order valence-electron chi connectivity index (χ2n) is 9.55. The molecular formula is C30H62O4S2Sn. The van der Waals surface area contributed by atoms with E-state index in [1.165, 1.54) is 89.9 Å². The fraction of sp³-hybridized carbons (Fsp3) is 0.933. The van der Waals surface area contributed by atoms with Crippen LogP contribution in [0, 0.1) is 0 Å². The Morgan fingerprint density at radius 2 is 0.757 bits per heavy atom. The fourth-order valence-corrected chi connectivity index (χ4v) is 3.81. The van der Waals surface area contributed by atoms with Crippen LogP contribution in [-0.2, 0) is 19.1 Å². The maximum atomic E-state index is 11.2. The van der Waals surface area contributed by atoms with Crippen molar-refractivity contribution in [3.8, 4) is 0 Å². The summed E-state index contributed by atoms with van der Waals surface area (Å²) in [6, 6.07) is 0. The molecule has 0 aromatic heterocycles. The fourth-order valence-electron chi connectivity index (χ4n) is 3.62. The van der Waals surface area contributed by atoms with Crippen molar-refractivity contribution in [2.24, 2.45) is 0 Å². The van der Waals surface area contributed by atoms with Gasteiger partial charge in [-0.2, -0.15) is 25.3 Å². The van der Waals surface area contributed by atoms with Gasteiger partial charge in [0.2, 0.25) is 0 Å². The van der Waals surface area contributed by atoms with Crippen LogP contribution >= 0.6 is 25.3 Å². The van der Waals surface area contributed by atoms with Crippen molar-refractivity contribution in [1.82, 2.24) is 0 Å². The molecule has 7 heteroatoms. The molecule has 0 amide bonds. The van der Waals surface area contributed by atoms with Gasteiger partial charge in [0.25, 0.3) is 0 Å². The molecule has 0 aliphatic carbocycles. The number of carbonyl (C=O) groups excluding carboxylic acids is 2. The summed E-state index contributed by atoms with van der Waals surface area (Å²) in [6.45, 7) is 5.37. The predicted octanol–water partition coefficient (Wildman–Crippen LogP) is 9.55. The van der Waals surface area contributed by atoms with Crippen LogP contribution in [0.25, 0.3) is 0 Å². The Hall–Kier alpha value is 0.439. The second kappa shape index (κ2) is 40.9. The first-order valence-electron chi connectivity index (χ1n) is 15.1. The Bertz CT molecular complexity index is 402. The molecular weight excluding hydrogens is 607 g/mol. The molecule has 0 aromatic rings. The van der Waals surface area contributed by atoms with E-state index in [-0.39, 0.29) is 33.1 Å². The van der Waals surface area contributed by atoms with E-state index in [4.69, 9.17) is 9.47 Å². The van der Waals surface area contributed by atoms with E-state index in [0.29, 0.717) is 37.6 Å². The third kappa shape index (κ3) is 46.6. The van der Waals surface area contributed by atoms with E-state index in [2.05, 4.69) is 49.0 Å². The summed E-state index contributed by atoms with van der Waals surface area (Å²) >= 11 is 8.21. The van der Waals surface area contributed by atoms with Crippen molar-refractivity contribution in [3.63, 3.8) is 0 Å². The summed E-state index contributed by atoms with van der Waals surface area (Å²) in [5.74, 6) is 1.09. The van der Waals surface area contributed by atoms with Crippen LogP contribution in [0.1, 0.15) is 142 Å². The molecule has 0 saturated carbocycles. The summed E-state index contributed by atoms with van der Waals surface area (Å²) in [7, 11) is 0. The topological polar surface area (TPSA) is 52.6 Å². The predicted molar refractivity (Wildman–Crippen MR) is 171 cm³/mol. The van der Waals surface area contributed by atoms with Crippen molar-refractivity contribution in [3.05, 3.63) is 0 Å². The number of carbonyl (C=O) groups is 2. The van der Waals surface area contributed by atoms with Gasteiger partial charge in [0, 0.05) is 24.3 Å². The van der Waals surface area contributed by atoms with Crippen LogP contribution in [0.4, 0.5) is 0 Å². The van der Waals surface area contributed by atoms with E-state index in [1.54, 1.807) is 0 Å². The van der Waals surface area contributed by atoms with E-state index >= 15 is 0 Å². The second-order valence-corrected chi connectivity index (χ2v) is 13.3. The maximum absolute atomic E-state index is 11.2. The molecule has 0 aliphatic heterocycles. The zero-order valence-electron chi connectivity index (χ0n) is 25.0. The van der Waals surface area contributed by atoms with Crippen LogP contribution < -0.4 is 0 Å². The molecule has 0 N–H and O–H groups in total. The number of unbranched alkanes of at least 4 members (excludes halogenated alkanes) is 16. The molecule has 0 bridgehead atoms. The summed E-state index contributed by atoms with van der Waals surface area (Å²) in [5.41, 5.74) is 0. The summed E-state index contributed by atoms with van der Waals surface area (Å²) in [4.78, 5) is 26.9. The van der Waals surface area contributed by atoms with E-state index in [1.807, 2.05) is 0 Å². The van der Waals surface area contributed by atoms with Gasteiger partial charge in [-0.1, -0.05) is 117 Å². The quantitative estimate of drug-likeness (QED) is 0.0465. The standard InChI is InChI=1S/2C14H28O2S.2CH3.Sn/c2*1-2-3-4-5-6-7-8-9-10-11-14(15)16-12-13-17;;;/h2*17H,2-13H2,1H3;2*1H3;. The molecule has 0 saturated heterocycles. The number of ether oxygens (including phenoxy) is 2. The first-order valence-corrected chi connectivity index (χ1v) is 22.1. The Morgan fingerprint density at radius 3 is 1.00 bits per heavy atom. The van der Waals surface area contributed by atoms with Gasteiger partial charge in [-0.25, -0.2) is 0 Å². The molecule has 0 heterocycles. The van der Waals surface area contributed by atoms with Crippen molar-refractivity contribution < 1.29 is 19.1 Å². The zero-order chi connectivity index (χ0) is 28.2. The Morgan fingerprint density at radius 1 is 0.514 bits per heavy atom. The van der Waals surface area contributed by atoms with Crippen molar-refractivity contribution >= 4 is 58.3 Å². The molecule has 0 aliphatic rings. The number of esters is 2. The molecule has 0 unspecified atom stereocenters. The minimum absolute atomic E-state index is 0.0676. The van der Waals surface area contributed by atoms with Crippen LogP contribution in [0.5, 0.6) is 0 Å². The van der Waals surface area contributed by atoms with Crippen molar-refractivity contribution in [1.29, 1.82) is 0 Å². The normalized spacial score (nSPS) is 10.1. The van der Waals surface area contributed by atoms with Crippen LogP contribution in [0.15, 0.2) is 0 Å². The SMILES string of the molecule is CCCCCCCCCCCC(=O)OCCS.CCCCCCCCCCCC(=O)OCCS.[CH3][Sn][CH3]. The van der Waals surface area contributed by atoms with Gasteiger partial charge in [-0.15, -0.1) is 0 Å². The van der Waals surface area contributed by atoms with Crippen LogP contribution in [0.3, 0.4) is 0 Å². The average molecular weight is 670 g/mol. The molecule has 222 valence electrons. The van der Waals surface area contributed by atoms with E-state index in [0.717, 1.165) is 25.7 Å².